The SMILES string of the molecule is Cc1ccc(C2(N)C=C(N)NC(=NCCc3ccccc3)N2)cc1. The lowest BCUT2D eigenvalue weighted by Crippen LogP contribution is -2.60. The highest BCUT2D eigenvalue weighted by Crippen LogP contribution is 2.20. The summed E-state index contributed by atoms with van der Waals surface area (Å²) in [4.78, 5) is 4.56. The van der Waals surface area contributed by atoms with Crippen LogP contribution in [-0.4, -0.2) is 12.5 Å². The van der Waals surface area contributed by atoms with Gasteiger partial charge in [0.1, 0.15) is 11.5 Å². The van der Waals surface area contributed by atoms with E-state index in [1.54, 1.807) is 6.08 Å². The van der Waals surface area contributed by atoms with E-state index < -0.39 is 5.66 Å². The molecule has 1 aliphatic rings. The molecule has 0 aromatic heterocycles. The van der Waals surface area contributed by atoms with Gasteiger partial charge in [0.15, 0.2) is 5.96 Å². The normalized spacial score (nSPS) is 21.8. The van der Waals surface area contributed by atoms with Crippen molar-refractivity contribution < 1.29 is 0 Å². The molecule has 5 heteroatoms. The highest BCUT2D eigenvalue weighted by molar-refractivity contribution is 5.84. The van der Waals surface area contributed by atoms with Gasteiger partial charge in [-0.25, -0.2) is 0 Å². The number of guanidine groups is 1. The minimum Gasteiger partial charge on any atom is -0.385 e. The van der Waals surface area contributed by atoms with Crippen LogP contribution in [0.2, 0.25) is 0 Å². The van der Waals surface area contributed by atoms with Crippen molar-refractivity contribution >= 4 is 5.96 Å². The van der Waals surface area contributed by atoms with Gasteiger partial charge in [0.25, 0.3) is 0 Å². The fourth-order valence-electron chi connectivity index (χ4n) is 2.69. The van der Waals surface area contributed by atoms with Gasteiger partial charge < -0.3 is 22.1 Å². The van der Waals surface area contributed by atoms with E-state index in [2.05, 4.69) is 27.8 Å². The molecule has 124 valence electrons. The summed E-state index contributed by atoms with van der Waals surface area (Å²) in [5.74, 6) is 1.09. The van der Waals surface area contributed by atoms with Gasteiger partial charge in [0.05, 0.1) is 0 Å². The van der Waals surface area contributed by atoms with E-state index in [0.29, 0.717) is 18.3 Å². The first-order valence-electron chi connectivity index (χ1n) is 8.03. The fraction of sp³-hybridized carbons (Fsp3) is 0.211. The average Bonchev–Trinajstić information content (AvgIpc) is 2.55. The molecular formula is C19H23N5. The van der Waals surface area contributed by atoms with Crippen molar-refractivity contribution in [3.05, 3.63) is 83.2 Å². The molecule has 0 saturated heterocycles. The van der Waals surface area contributed by atoms with Crippen molar-refractivity contribution in [2.24, 2.45) is 16.5 Å². The molecule has 0 amide bonds. The van der Waals surface area contributed by atoms with Crippen LogP contribution in [0, 0.1) is 6.92 Å². The van der Waals surface area contributed by atoms with Crippen LogP contribution in [0.5, 0.6) is 0 Å². The summed E-state index contributed by atoms with van der Waals surface area (Å²) in [5, 5.41) is 6.28. The van der Waals surface area contributed by atoms with Gasteiger partial charge in [0.2, 0.25) is 0 Å². The Morgan fingerprint density at radius 3 is 2.46 bits per heavy atom. The monoisotopic (exact) mass is 321 g/mol. The van der Waals surface area contributed by atoms with Crippen LogP contribution in [0.1, 0.15) is 16.7 Å². The molecule has 0 spiro atoms. The first kappa shape index (κ1) is 16.1. The Labute approximate surface area is 142 Å². The van der Waals surface area contributed by atoms with E-state index in [9.17, 15) is 0 Å². The zero-order valence-corrected chi connectivity index (χ0v) is 13.8. The van der Waals surface area contributed by atoms with Crippen LogP contribution in [-0.2, 0) is 12.1 Å². The number of benzene rings is 2. The summed E-state index contributed by atoms with van der Waals surface area (Å²) in [7, 11) is 0. The Hall–Kier alpha value is -2.79. The Bertz CT molecular complexity index is 749. The molecule has 0 saturated carbocycles. The molecule has 3 rings (SSSR count). The zero-order valence-electron chi connectivity index (χ0n) is 13.8. The standard InChI is InChI=1S/C19H23N5/c1-14-7-9-16(10-8-14)19(21)13-17(20)23-18(24-19)22-12-11-15-5-3-2-4-6-15/h2-10,13H,11-12,20-21H2,1H3,(H2,22,23,24). The summed E-state index contributed by atoms with van der Waals surface area (Å²) >= 11 is 0. The predicted molar refractivity (Wildman–Crippen MR) is 98.0 cm³/mol. The second kappa shape index (κ2) is 6.76. The lowest BCUT2D eigenvalue weighted by Gasteiger charge is -2.34. The molecule has 1 atom stereocenters. The van der Waals surface area contributed by atoms with Crippen molar-refractivity contribution in [1.82, 2.24) is 10.6 Å². The Kier molecular flexibility index (Phi) is 4.53. The number of rotatable bonds is 4. The molecule has 0 bridgehead atoms. The summed E-state index contributed by atoms with van der Waals surface area (Å²) < 4.78 is 0. The minimum atomic E-state index is -0.866. The van der Waals surface area contributed by atoms with E-state index in [4.69, 9.17) is 11.5 Å². The van der Waals surface area contributed by atoms with E-state index >= 15 is 0 Å². The molecule has 1 unspecified atom stereocenters. The van der Waals surface area contributed by atoms with Gasteiger partial charge in [-0.1, -0.05) is 60.2 Å². The Morgan fingerprint density at radius 1 is 1.04 bits per heavy atom. The predicted octanol–water partition coefficient (Wildman–Crippen LogP) is 1.70. The van der Waals surface area contributed by atoms with Crippen molar-refractivity contribution in [3.8, 4) is 0 Å². The van der Waals surface area contributed by atoms with Crippen LogP contribution < -0.4 is 22.1 Å². The Balaban J connectivity index is 1.73. The lowest BCUT2D eigenvalue weighted by atomic mass is 9.97. The van der Waals surface area contributed by atoms with Crippen LogP contribution >= 0.6 is 0 Å². The fourth-order valence-corrected chi connectivity index (χ4v) is 2.69. The molecule has 5 nitrogen and oxygen atoms in total. The maximum atomic E-state index is 6.51. The van der Waals surface area contributed by atoms with Crippen LogP contribution in [0.15, 0.2) is 71.5 Å². The summed E-state index contributed by atoms with van der Waals surface area (Å²) in [6, 6.07) is 18.3. The molecule has 1 heterocycles. The van der Waals surface area contributed by atoms with Crippen LogP contribution in [0.4, 0.5) is 0 Å². The maximum absolute atomic E-state index is 6.51. The van der Waals surface area contributed by atoms with Crippen molar-refractivity contribution in [2.45, 2.75) is 19.0 Å². The number of nitrogens with two attached hydrogens (primary N) is 2. The first-order valence-corrected chi connectivity index (χ1v) is 8.03. The zero-order chi connectivity index (χ0) is 17.0. The van der Waals surface area contributed by atoms with Gasteiger partial charge in [0, 0.05) is 12.6 Å². The topological polar surface area (TPSA) is 88.5 Å². The third-order valence-electron chi connectivity index (χ3n) is 4.01. The molecule has 0 radical (unpaired) electrons. The first-order chi connectivity index (χ1) is 11.5. The van der Waals surface area contributed by atoms with Gasteiger partial charge in [-0.05, 0) is 24.5 Å². The second-order valence-corrected chi connectivity index (χ2v) is 6.05. The second-order valence-electron chi connectivity index (χ2n) is 6.05. The molecular weight excluding hydrogens is 298 g/mol. The van der Waals surface area contributed by atoms with E-state index in [1.807, 2.05) is 49.4 Å². The van der Waals surface area contributed by atoms with Gasteiger partial charge in [-0.15, -0.1) is 0 Å². The highest BCUT2D eigenvalue weighted by atomic mass is 15.3. The quantitative estimate of drug-likeness (QED) is 0.690. The lowest BCUT2D eigenvalue weighted by molar-refractivity contribution is 0.491. The summed E-state index contributed by atoms with van der Waals surface area (Å²) in [6.07, 6.45) is 2.63. The number of nitrogens with zero attached hydrogens (tertiary/aromatic N) is 1. The summed E-state index contributed by atoms with van der Waals surface area (Å²) in [5.41, 5.74) is 15.0. The van der Waals surface area contributed by atoms with Crippen molar-refractivity contribution in [1.29, 1.82) is 0 Å². The number of nitrogens with one attached hydrogen (secondary N) is 2. The minimum absolute atomic E-state index is 0.496. The van der Waals surface area contributed by atoms with Crippen molar-refractivity contribution in [2.75, 3.05) is 6.54 Å². The molecule has 24 heavy (non-hydrogen) atoms. The van der Waals surface area contributed by atoms with E-state index in [1.165, 1.54) is 11.1 Å². The van der Waals surface area contributed by atoms with Crippen LogP contribution in [0.25, 0.3) is 0 Å². The number of aryl methyl sites for hydroxylation is 1. The average molecular weight is 321 g/mol. The number of aliphatic imine (C=N–C) groups is 1. The number of hydrogen-bond acceptors (Lipinski definition) is 3. The molecule has 0 fully saturated rings. The van der Waals surface area contributed by atoms with E-state index in [-0.39, 0.29) is 0 Å². The van der Waals surface area contributed by atoms with Crippen LogP contribution in [0.3, 0.4) is 0 Å². The van der Waals surface area contributed by atoms with Crippen molar-refractivity contribution in [3.63, 3.8) is 0 Å². The van der Waals surface area contributed by atoms with E-state index in [0.717, 1.165) is 12.0 Å². The molecule has 2 aromatic carbocycles. The molecule has 0 aliphatic carbocycles. The third-order valence-corrected chi connectivity index (χ3v) is 4.01. The van der Waals surface area contributed by atoms with Gasteiger partial charge >= 0.3 is 0 Å². The smallest absolute Gasteiger partial charge is 0.198 e. The number of hydrogen-bond donors (Lipinski definition) is 4. The highest BCUT2D eigenvalue weighted by Gasteiger charge is 2.30. The van der Waals surface area contributed by atoms with Gasteiger partial charge in [-0.2, -0.15) is 0 Å². The Morgan fingerprint density at radius 2 is 1.75 bits per heavy atom. The maximum Gasteiger partial charge on any atom is 0.198 e. The van der Waals surface area contributed by atoms with Gasteiger partial charge in [-0.3, -0.25) is 4.99 Å². The summed E-state index contributed by atoms with van der Waals surface area (Å²) in [6.45, 7) is 2.69. The molecule has 6 N–H and O–H groups in total. The largest absolute Gasteiger partial charge is 0.385 e. The molecule has 2 aromatic rings. The molecule has 1 aliphatic heterocycles. The third kappa shape index (κ3) is 3.75.